The molecule has 0 amide bonds. The Bertz CT molecular complexity index is 939. The number of hydrogen-bond donors (Lipinski definition) is 2. The highest BCUT2D eigenvalue weighted by Crippen LogP contribution is 2.31. The van der Waals surface area contributed by atoms with Gasteiger partial charge in [-0.2, -0.15) is 5.10 Å². The minimum atomic E-state index is 0.489. The number of aromatic amines is 1. The average Bonchev–Trinajstić information content (AvgIpc) is 3.13. The average molecular weight is 381 g/mol. The van der Waals surface area contributed by atoms with Crippen molar-refractivity contribution in [3.63, 3.8) is 0 Å². The Labute approximate surface area is 164 Å². The summed E-state index contributed by atoms with van der Waals surface area (Å²) in [6.07, 6.45) is 2.64. The number of aromatic nitrogens is 5. The summed E-state index contributed by atoms with van der Waals surface area (Å²) >= 11 is 0. The zero-order chi connectivity index (χ0) is 19.5. The van der Waals surface area contributed by atoms with Crippen LogP contribution in [0.15, 0.2) is 24.5 Å². The van der Waals surface area contributed by atoms with Gasteiger partial charge in [0.25, 0.3) is 0 Å². The maximum Gasteiger partial charge on any atom is 0.228 e. The van der Waals surface area contributed by atoms with Crippen LogP contribution in [-0.4, -0.2) is 57.4 Å². The number of piperazine rings is 1. The van der Waals surface area contributed by atoms with E-state index in [1.54, 1.807) is 0 Å². The van der Waals surface area contributed by atoms with Crippen molar-refractivity contribution in [2.75, 3.05) is 31.1 Å². The van der Waals surface area contributed by atoms with Gasteiger partial charge in [-0.05, 0) is 31.4 Å². The van der Waals surface area contributed by atoms with E-state index in [-0.39, 0.29) is 0 Å². The van der Waals surface area contributed by atoms with Gasteiger partial charge in [0, 0.05) is 25.7 Å². The van der Waals surface area contributed by atoms with Gasteiger partial charge in [-0.1, -0.05) is 19.9 Å². The third kappa shape index (κ3) is 3.77. The number of nitrogens with zero attached hydrogens (tertiary/aromatic N) is 5. The summed E-state index contributed by atoms with van der Waals surface area (Å²) in [6.45, 7) is 9.87. The topological polar surface area (TPSA) is 91.9 Å². The molecular weight excluding hydrogens is 354 g/mol. The maximum atomic E-state index is 5.68. The lowest BCUT2D eigenvalue weighted by molar-refractivity contribution is 0.331. The number of fused-ring (bicyclic) bond motifs is 1. The third-order valence-corrected chi connectivity index (χ3v) is 4.92. The standard InChI is InChI=1S/C20H27N7O/c1-4-28-20-17-18(25-26-19(17)22-12-23-20)15-6-5-7-16(24-15)27-9-8-21-14(11-27)10-13(2)3/h5-7,12-14,21H,4,8-11H2,1-3H3,(H,22,23,25,26). The smallest absolute Gasteiger partial charge is 0.228 e. The van der Waals surface area contributed by atoms with E-state index in [0.29, 0.717) is 30.1 Å². The molecule has 1 saturated heterocycles. The predicted molar refractivity (Wildman–Crippen MR) is 110 cm³/mol. The van der Waals surface area contributed by atoms with Gasteiger partial charge in [-0.15, -0.1) is 0 Å². The largest absolute Gasteiger partial charge is 0.477 e. The van der Waals surface area contributed by atoms with Crippen molar-refractivity contribution < 1.29 is 4.74 Å². The van der Waals surface area contributed by atoms with Crippen LogP contribution >= 0.6 is 0 Å². The minimum Gasteiger partial charge on any atom is -0.477 e. The van der Waals surface area contributed by atoms with E-state index in [1.807, 2.05) is 19.1 Å². The normalized spacial score (nSPS) is 17.4. The fraction of sp³-hybridized carbons (Fsp3) is 0.500. The van der Waals surface area contributed by atoms with E-state index in [9.17, 15) is 0 Å². The number of ether oxygens (including phenoxy) is 1. The van der Waals surface area contributed by atoms with Gasteiger partial charge < -0.3 is 15.0 Å². The van der Waals surface area contributed by atoms with Crippen LogP contribution in [-0.2, 0) is 0 Å². The summed E-state index contributed by atoms with van der Waals surface area (Å²) in [5, 5.41) is 11.8. The van der Waals surface area contributed by atoms with Crippen LogP contribution in [0.1, 0.15) is 27.2 Å². The second kappa shape index (κ2) is 8.10. The van der Waals surface area contributed by atoms with Crippen molar-refractivity contribution >= 4 is 16.9 Å². The number of anilines is 1. The van der Waals surface area contributed by atoms with Crippen LogP contribution in [0.3, 0.4) is 0 Å². The van der Waals surface area contributed by atoms with Crippen molar-refractivity contribution in [3.05, 3.63) is 24.5 Å². The number of pyridine rings is 1. The monoisotopic (exact) mass is 381 g/mol. The Morgan fingerprint density at radius 1 is 1.29 bits per heavy atom. The molecule has 3 aromatic rings. The summed E-state index contributed by atoms with van der Waals surface area (Å²) in [6, 6.07) is 6.55. The highest BCUT2D eigenvalue weighted by Gasteiger charge is 2.22. The molecule has 1 atom stereocenters. The van der Waals surface area contributed by atoms with Gasteiger partial charge >= 0.3 is 0 Å². The fourth-order valence-corrected chi connectivity index (χ4v) is 3.76. The first kappa shape index (κ1) is 18.6. The molecule has 0 bridgehead atoms. The molecule has 3 aromatic heterocycles. The van der Waals surface area contributed by atoms with Crippen molar-refractivity contribution in [2.24, 2.45) is 5.92 Å². The van der Waals surface area contributed by atoms with Gasteiger partial charge in [-0.25, -0.2) is 15.0 Å². The van der Waals surface area contributed by atoms with Crippen LogP contribution in [0, 0.1) is 5.92 Å². The summed E-state index contributed by atoms with van der Waals surface area (Å²) in [5.74, 6) is 2.17. The molecule has 0 spiro atoms. The Kier molecular flexibility index (Phi) is 5.38. The van der Waals surface area contributed by atoms with E-state index in [0.717, 1.165) is 48.6 Å². The molecule has 148 valence electrons. The van der Waals surface area contributed by atoms with E-state index in [4.69, 9.17) is 9.72 Å². The van der Waals surface area contributed by atoms with E-state index in [2.05, 4.69) is 50.3 Å². The van der Waals surface area contributed by atoms with Crippen LogP contribution in [0.5, 0.6) is 5.88 Å². The molecule has 0 aromatic carbocycles. The fourth-order valence-electron chi connectivity index (χ4n) is 3.76. The molecule has 4 heterocycles. The van der Waals surface area contributed by atoms with Crippen LogP contribution in [0.2, 0.25) is 0 Å². The van der Waals surface area contributed by atoms with Crippen LogP contribution in [0.25, 0.3) is 22.4 Å². The minimum absolute atomic E-state index is 0.489. The Hall–Kier alpha value is -2.74. The molecule has 1 aliphatic heterocycles. The quantitative estimate of drug-likeness (QED) is 0.678. The zero-order valence-electron chi connectivity index (χ0n) is 16.6. The van der Waals surface area contributed by atoms with Crippen LogP contribution < -0.4 is 15.0 Å². The van der Waals surface area contributed by atoms with Gasteiger partial charge in [0.2, 0.25) is 5.88 Å². The molecule has 0 radical (unpaired) electrons. The number of H-pyrrole nitrogens is 1. The molecule has 8 nitrogen and oxygen atoms in total. The third-order valence-electron chi connectivity index (χ3n) is 4.92. The van der Waals surface area contributed by atoms with Crippen LogP contribution in [0.4, 0.5) is 5.82 Å². The Morgan fingerprint density at radius 2 is 2.18 bits per heavy atom. The lowest BCUT2D eigenvalue weighted by Crippen LogP contribution is -2.51. The Morgan fingerprint density at radius 3 is 3.00 bits per heavy atom. The van der Waals surface area contributed by atoms with Gasteiger partial charge in [0.05, 0.1) is 12.3 Å². The summed E-state index contributed by atoms with van der Waals surface area (Å²) < 4.78 is 5.68. The van der Waals surface area contributed by atoms with Crippen molar-refractivity contribution in [1.82, 2.24) is 30.5 Å². The first-order valence-corrected chi connectivity index (χ1v) is 9.93. The first-order chi connectivity index (χ1) is 13.7. The van der Waals surface area contributed by atoms with Gasteiger partial charge in [0.1, 0.15) is 23.2 Å². The van der Waals surface area contributed by atoms with E-state index in [1.165, 1.54) is 6.33 Å². The maximum absolute atomic E-state index is 5.68. The number of hydrogen-bond acceptors (Lipinski definition) is 7. The molecular formula is C20H27N7O. The zero-order valence-corrected chi connectivity index (χ0v) is 16.6. The molecule has 1 aliphatic rings. The predicted octanol–water partition coefficient (Wildman–Crippen LogP) is 2.64. The molecule has 4 rings (SSSR count). The summed E-state index contributed by atoms with van der Waals surface area (Å²) in [5.41, 5.74) is 2.16. The molecule has 2 N–H and O–H groups in total. The van der Waals surface area contributed by atoms with E-state index >= 15 is 0 Å². The number of nitrogens with one attached hydrogen (secondary N) is 2. The summed E-state index contributed by atoms with van der Waals surface area (Å²) in [7, 11) is 0. The highest BCUT2D eigenvalue weighted by atomic mass is 16.5. The first-order valence-electron chi connectivity index (χ1n) is 9.93. The van der Waals surface area contributed by atoms with Gasteiger partial charge in [-0.3, -0.25) is 5.10 Å². The van der Waals surface area contributed by atoms with Crippen molar-refractivity contribution in [2.45, 2.75) is 33.2 Å². The molecule has 0 aliphatic carbocycles. The van der Waals surface area contributed by atoms with Crippen molar-refractivity contribution in [3.8, 4) is 17.3 Å². The molecule has 0 saturated carbocycles. The molecule has 1 unspecified atom stereocenters. The second-order valence-corrected chi connectivity index (χ2v) is 7.52. The lowest BCUT2D eigenvalue weighted by Gasteiger charge is -2.35. The lowest BCUT2D eigenvalue weighted by atomic mass is 10.0. The molecule has 1 fully saturated rings. The van der Waals surface area contributed by atoms with Gasteiger partial charge in [0.15, 0.2) is 5.65 Å². The Balaban J connectivity index is 1.65. The van der Waals surface area contributed by atoms with Crippen molar-refractivity contribution in [1.29, 1.82) is 0 Å². The highest BCUT2D eigenvalue weighted by molar-refractivity contribution is 5.93. The second-order valence-electron chi connectivity index (χ2n) is 7.52. The SMILES string of the molecule is CCOc1ncnc2[nH]nc(-c3cccc(N4CCNC(CC(C)C)C4)n3)c12. The molecule has 28 heavy (non-hydrogen) atoms. The molecule has 8 heteroatoms. The van der Waals surface area contributed by atoms with E-state index < -0.39 is 0 Å². The number of rotatable bonds is 6. The summed E-state index contributed by atoms with van der Waals surface area (Å²) in [4.78, 5) is 15.8.